The molecule has 11 heavy (non-hydrogen) atoms. The van der Waals surface area contributed by atoms with Crippen molar-refractivity contribution < 1.29 is 0 Å². The first-order valence-electron chi connectivity index (χ1n) is 3.83. The van der Waals surface area contributed by atoms with Gasteiger partial charge in [0.25, 0.3) is 0 Å². The molecule has 0 bridgehead atoms. The van der Waals surface area contributed by atoms with E-state index in [1.54, 1.807) is 0 Å². The fraction of sp³-hybridized carbons (Fsp3) is 0.333. The lowest BCUT2D eigenvalue weighted by atomic mass is 9.95. The summed E-state index contributed by atoms with van der Waals surface area (Å²) in [6.45, 7) is 0. The largest absolute Gasteiger partial charge is 0.400 e. The molecule has 2 heteroatoms. The topological polar surface area (TPSA) is 29.3 Å². The smallest absolute Gasteiger partial charge is 0.0775 e. The van der Waals surface area contributed by atoms with Gasteiger partial charge in [0.1, 0.15) is 0 Å². The minimum atomic E-state index is 0.375. The number of rotatable bonds is 0. The van der Waals surface area contributed by atoms with Crippen molar-refractivity contribution in [2.75, 3.05) is 7.05 Å². The number of nitrogens with zero attached hydrogens (tertiary/aromatic N) is 1. The highest BCUT2D eigenvalue weighted by Gasteiger charge is 2.28. The molecule has 0 aromatic heterocycles. The second-order valence-corrected chi connectivity index (χ2v) is 3.08. The average Bonchev–Trinajstić information content (AvgIpc) is 2.34. The average molecular weight is 148 g/mol. The van der Waals surface area contributed by atoms with Crippen LogP contribution >= 0.6 is 0 Å². The minimum absolute atomic E-state index is 0.375. The van der Waals surface area contributed by atoms with E-state index in [9.17, 15) is 0 Å². The van der Waals surface area contributed by atoms with Crippen LogP contribution in [0.3, 0.4) is 0 Å². The van der Waals surface area contributed by atoms with Crippen LogP contribution < -0.4 is 5.73 Å². The maximum atomic E-state index is 5.84. The maximum Gasteiger partial charge on any atom is 0.0775 e. The van der Waals surface area contributed by atoms with Gasteiger partial charge in [-0.05, 0) is 12.3 Å². The van der Waals surface area contributed by atoms with Crippen LogP contribution in [0, 0.1) is 5.92 Å². The highest BCUT2D eigenvalue weighted by molar-refractivity contribution is 5.30. The second kappa shape index (κ2) is 2.16. The standard InChI is InChI=1S/C9H12N2/c1-11-6-5-7-3-2-4-8(10)9(7)11/h2-7,9H,10H2,1H3. The molecule has 2 atom stereocenters. The van der Waals surface area contributed by atoms with Crippen molar-refractivity contribution in [1.82, 2.24) is 4.90 Å². The third-order valence-electron chi connectivity index (χ3n) is 2.31. The van der Waals surface area contributed by atoms with Crippen LogP contribution in [0.2, 0.25) is 0 Å². The molecule has 0 spiro atoms. The molecule has 0 saturated carbocycles. The summed E-state index contributed by atoms with van der Waals surface area (Å²) in [7, 11) is 2.06. The van der Waals surface area contributed by atoms with Gasteiger partial charge in [-0.1, -0.05) is 18.2 Å². The molecule has 1 aliphatic heterocycles. The van der Waals surface area contributed by atoms with Gasteiger partial charge < -0.3 is 10.6 Å². The van der Waals surface area contributed by atoms with E-state index in [0.717, 1.165) is 5.70 Å². The summed E-state index contributed by atoms with van der Waals surface area (Å²) < 4.78 is 0. The first-order chi connectivity index (χ1) is 5.29. The molecule has 0 amide bonds. The molecular weight excluding hydrogens is 136 g/mol. The summed E-state index contributed by atoms with van der Waals surface area (Å²) in [6.07, 6.45) is 10.5. The van der Waals surface area contributed by atoms with Crippen molar-refractivity contribution in [1.29, 1.82) is 0 Å². The minimum Gasteiger partial charge on any atom is -0.400 e. The summed E-state index contributed by atoms with van der Waals surface area (Å²) in [5.41, 5.74) is 6.80. The van der Waals surface area contributed by atoms with Crippen molar-refractivity contribution in [2.45, 2.75) is 6.04 Å². The Morgan fingerprint density at radius 2 is 2.27 bits per heavy atom. The Balaban J connectivity index is 2.31. The summed E-state index contributed by atoms with van der Waals surface area (Å²) in [6, 6.07) is 0.375. The molecule has 58 valence electrons. The predicted octanol–water partition coefficient (Wildman–Crippen LogP) is 0.843. The van der Waals surface area contributed by atoms with Crippen LogP contribution in [0.4, 0.5) is 0 Å². The van der Waals surface area contributed by atoms with E-state index in [0.29, 0.717) is 12.0 Å². The van der Waals surface area contributed by atoms with Crippen LogP contribution in [-0.4, -0.2) is 18.0 Å². The molecule has 2 aliphatic rings. The Bertz CT molecular complexity index is 250. The van der Waals surface area contributed by atoms with E-state index >= 15 is 0 Å². The Morgan fingerprint density at radius 3 is 3.00 bits per heavy atom. The Hall–Kier alpha value is -1.18. The third kappa shape index (κ3) is 0.862. The van der Waals surface area contributed by atoms with E-state index in [-0.39, 0.29) is 0 Å². The third-order valence-corrected chi connectivity index (χ3v) is 2.31. The van der Waals surface area contributed by atoms with Gasteiger partial charge in [0.15, 0.2) is 0 Å². The summed E-state index contributed by atoms with van der Waals surface area (Å²) in [4.78, 5) is 2.15. The number of hydrogen-bond donors (Lipinski definition) is 1. The van der Waals surface area contributed by atoms with E-state index < -0.39 is 0 Å². The van der Waals surface area contributed by atoms with Crippen molar-refractivity contribution in [3.63, 3.8) is 0 Å². The van der Waals surface area contributed by atoms with E-state index in [2.05, 4.69) is 30.3 Å². The monoisotopic (exact) mass is 148 g/mol. The molecule has 2 unspecified atom stereocenters. The van der Waals surface area contributed by atoms with Crippen molar-refractivity contribution in [2.24, 2.45) is 11.7 Å². The lowest BCUT2D eigenvalue weighted by Crippen LogP contribution is -2.34. The molecule has 2 nitrogen and oxygen atoms in total. The second-order valence-electron chi connectivity index (χ2n) is 3.08. The summed E-state index contributed by atoms with van der Waals surface area (Å²) in [5, 5.41) is 0. The molecule has 2 rings (SSSR count). The highest BCUT2D eigenvalue weighted by Crippen LogP contribution is 2.27. The molecule has 0 saturated heterocycles. The van der Waals surface area contributed by atoms with Crippen LogP contribution in [0.1, 0.15) is 0 Å². The predicted molar refractivity (Wildman–Crippen MR) is 45.6 cm³/mol. The van der Waals surface area contributed by atoms with Gasteiger partial charge in [-0.2, -0.15) is 0 Å². The number of allylic oxidation sites excluding steroid dienone is 2. The van der Waals surface area contributed by atoms with Gasteiger partial charge in [0.05, 0.1) is 6.04 Å². The van der Waals surface area contributed by atoms with Crippen LogP contribution in [0.5, 0.6) is 0 Å². The number of nitrogens with two attached hydrogens (primary N) is 1. The zero-order chi connectivity index (χ0) is 7.84. The molecule has 2 N–H and O–H groups in total. The Morgan fingerprint density at radius 1 is 1.45 bits per heavy atom. The molecule has 0 fully saturated rings. The molecular formula is C9H12N2. The Kier molecular flexibility index (Phi) is 1.28. The molecule has 1 aliphatic carbocycles. The van der Waals surface area contributed by atoms with Gasteiger partial charge in [0.2, 0.25) is 0 Å². The van der Waals surface area contributed by atoms with Crippen LogP contribution in [-0.2, 0) is 0 Å². The number of fused-ring (bicyclic) bond motifs is 1. The van der Waals surface area contributed by atoms with Crippen LogP contribution in [0.25, 0.3) is 0 Å². The van der Waals surface area contributed by atoms with Crippen molar-refractivity contribution >= 4 is 0 Å². The zero-order valence-corrected chi connectivity index (χ0v) is 6.57. The fourth-order valence-electron chi connectivity index (χ4n) is 1.72. The Labute approximate surface area is 66.7 Å². The van der Waals surface area contributed by atoms with Crippen molar-refractivity contribution in [3.8, 4) is 0 Å². The zero-order valence-electron chi connectivity index (χ0n) is 6.57. The molecule has 1 heterocycles. The lowest BCUT2D eigenvalue weighted by molar-refractivity contribution is 0.361. The number of likely N-dealkylation sites (N-methyl/N-ethyl adjacent to an activating group) is 1. The van der Waals surface area contributed by atoms with Gasteiger partial charge in [0, 0.05) is 18.7 Å². The summed E-state index contributed by atoms with van der Waals surface area (Å²) in [5.74, 6) is 0.491. The van der Waals surface area contributed by atoms with Crippen molar-refractivity contribution in [3.05, 3.63) is 36.2 Å². The normalized spacial score (nSPS) is 33.9. The van der Waals surface area contributed by atoms with Gasteiger partial charge >= 0.3 is 0 Å². The van der Waals surface area contributed by atoms with E-state index in [1.807, 2.05) is 12.2 Å². The van der Waals surface area contributed by atoms with Crippen LogP contribution in [0.15, 0.2) is 36.2 Å². The first kappa shape index (κ1) is 6.53. The lowest BCUT2D eigenvalue weighted by Gasteiger charge is -2.27. The van der Waals surface area contributed by atoms with Gasteiger partial charge in [-0.25, -0.2) is 0 Å². The first-order valence-corrected chi connectivity index (χ1v) is 3.83. The SMILES string of the molecule is CN1C=CC2C=CC=C(N)C21. The maximum absolute atomic E-state index is 5.84. The molecule has 0 aromatic rings. The quantitative estimate of drug-likeness (QED) is 0.551. The van der Waals surface area contributed by atoms with Gasteiger partial charge in [-0.3, -0.25) is 0 Å². The molecule has 0 aromatic carbocycles. The number of hydrogen-bond acceptors (Lipinski definition) is 2. The fourth-order valence-corrected chi connectivity index (χ4v) is 1.72. The van der Waals surface area contributed by atoms with E-state index in [4.69, 9.17) is 5.73 Å². The van der Waals surface area contributed by atoms with Gasteiger partial charge in [-0.15, -0.1) is 0 Å². The summed E-state index contributed by atoms with van der Waals surface area (Å²) >= 11 is 0. The molecule has 0 radical (unpaired) electrons. The van der Waals surface area contributed by atoms with E-state index in [1.165, 1.54) is 0 Å². The highest BCUT2D eigenvalue weighted by atomic mass is 15.1.